The van der Waals surface area contributed by atoms with Crippen LogP contribution in [-0.4, -0.2) is 49.6 Å². The molecule has 7 heteroatoms. The molecule has 1 aromatic rings. The van der Waals surface area contributed by atoms with Crippen molar-refractivity contribution >= 4 is 23.3 Å². The van der Waals surface area contributed by atoms with E-state index in [0.717, 1.165) is 45.3 Å². The van der Waals surface area contributed by atoms with Crippen LogP contribution >= 0.6 is 0 Å². The maximum absolute atomic E-state index is 12.6. The fourth-order valence-electron chi connectivity index (χ4n) is 4.27. The van der Waals surface area contributed by atoms with Crippen molar-refractivity contribution in [2.45, 2.75) is 44.9 Å². The number of carbonyl (C=O) groups is 2. The summed E-state index contributed by atoms with van der Waals surface area (Å²) in [5.41, 5.74) is 2.64. The molecule has 0 unspecified atom stereocenters. The first-order valence-corrected chi connectivity index (χ1v) is 10.8. The van der Waals surface area contributed by atoms with Gasteiger partial charge in [0.1, 0.15) is 5.82 Å². The predicted molar refractivity (Wildman–Crippen MR) is 112 cm³/mol. The molecule has 3 aliphatic rings. The smallest absolute Gasteiger partial charge is 0.252 e. The van der Waals surface area contributed by atoms with Crippen LogP contribution in [0.15, 0.2) is 23.9 Å². The number of nitrogens with one attached hydrogen (secondary N) is 2. The summed E-state index contributed by atoms with van der Waals surface area (Å²) in [6.45, 7) is 3.01. The van der Waals surface area contributed by atoms with E-state index in [2.05, 4.69) is 21.7 Å². The Balaban J connectivity index is 1.42. The lowest BCUT2D eigenvalue weighted by atomic mass is 9.97. The molecule has 0 aromatic carbocycles. The second-order valence-electron chi connectivity index (χ2n) is 8.12. The van der Waals surface area contributed by atoms with Crippen molar-refractivity contribution in [1.29, 1.82) is 0 Å². The molecular weight excluding hydrogens is 368 g/mol. The molecule has 2 N–H and O–H groups in total. The Morgan fingerprint density at radius 2 is 2.17 bits per heavy atom. The number of fused-ring (bicyclic) bond motifs is 1. The summed E-state index contributed by atoms with van der Waals surface area (Å²) in [6, 6.07) is 1.79. The number of allylic oxidation sites excluding steroid dienone is 1. The largest absolute Gasteiger partial charge is 0.381 e. The van der Waals surface area contributed by atoms with Gasteiger partial charge < -0.3 is 20.3 Å². The van der Waals surface area contributed by atoms with Crippen LogP contribution in [0, 0.1) is 5.92 Å². The van der Waals surface area contributed by atoms with E-state index in [1.807, 2.05) is 0 Å². The monoisotopic (exact) mass is 398 g/mol. The maximum atomic E-state index is 12.6. The molecule has 2 amide bonds. The van der Waals surface area contributed by atoms with Gasteiger partial charge in [0, 0.05) is 32.5 Å². The highest BCUT2D eigenvalue weighted by Gasteiger charge is 2.29. The van der Waals surface area contributed by atoms with Crippen LogP contribution in [-0.2, 0) is 9.53 Å². The molecule has 1 saturated heterocycles. The zero-order valence-electron chi connectivity index (χ0n) is 16.9. The van der Waals surface area contributed by atoms with Crippen molar-refractivity contribution in [2.24, 2.45) is 5.92 Å². The molecule has 29 heavy (non-hydrogen) atoms. The first-order chi connectivity index (χ1) is 14.2. The number of aromatic nitrogens is 1. The number of rotatable bonds is 6. The van der Waals surface area contributed by atoms with Gasteiger partial charge in [-0.2, -0.15) is 0 Å². The second kappa shape index (κ2) is 9.39. The summed E-state index contributed by atoms with van der Waals surface area (Å²) in [6.07, 6.45) is 11.5. The molecule has 3 heterocycles. The minimum atomic E-state index is -0.138. The molecule has 0 saturated carbocycles. The van der Waals surface area contributed by atoms with Crippen LogP contribution in [0.1, 0.15) is 55.3 Å². The Labute approximate surface area is 171 Å². The van der Waals surface area contributed by atoms with Gasteiger partial charge in [0.25, 0.3) is 5.91 Å². The topological polar surface area (TPSA) is 83.6 Å². The number of carbonyl (C=O) groups excluding carboxylic acids is 2. The van der Waals surface area contributed by atoms with Crippen LogP contribution in [0.5, 0.6) is 0 Å². The zero-order chi connectivity index (χ0) is 20.1. The molecule has 0 spiro atoms. The highest BCUT2D eigenvalue weighted by molar-refractivity contribution is 6.04. The van der Waals surface area contributed by atoms with Crippen LogP contribution in [0.2, 0.25) is 0 Å². The average molecular weight is 399 g/mol. The molecule has 7 nitrogen and oxygen atoms in total. The minimum absolute atomic E-state index is 0.0209. The van der Waals surface area contributed by atoms with Gasteiger partial charge in [-0.05, 0) is 56.9 Å². The van der Waals surface area contributed by atoms with Gasteiger partial charge in [-0.1, -0.05) is 11.6 Å². The standard InChI is InChI=1S/C22H30N4O3/c27-20-14-25-21-19(26(20)15-17-7-10-29-11-8-17)12-18(13-24-21)22(28)23-9-6-16-4-2-1-3-5-16/h4,12-13,17H,1-3,5-11,14-15H2,(H,23,28)(H,24,25). The molecule has 4 rings (SSSR count). The molecular formula is C22H30N4O3. The van der Waals surface area contributed by atoms with Gasteiger partial charge in [0.2, 0.25) is 5.91 Å². The fraction of sp³-hybridized carbons (Fsp3) is 0.591. The summed E-state index contributed by atoms with van der Waals surface area (Å²) in [5.74, 6) is 0.966. The van der Waals surface area contributed by atoms with E-state index in [1.54, 1.807) is 17.2 Å². The Bertz CT molecular complexity index is 786. The molecule has 156 valence electrons. The first kappa shape index (κ1) is 19.9. The van der Waals surface area contributed by atoms with Gasteiger partial charge in [0.05, 0.1) is 17.8 Å². The van der Waals surface area contributed by atoms with Gasteiger partial charge in [-0.3, -0.25) is 9.59 Å². The summed E-state index contributed by atoms with van der Waals surface area (Å²) < 4.78 is 5.43. The lowest BCUT2D eigenvalue weighted by Crippen LogP contribution is -2.44. The Morgan fingerprint density at radius 1 is 1.31 bits per heavy atom. The highest BCUT2D eigenvalue weighted by Crippen LogP contribution is 2.30. The summed E-state index contributed by atoms with van der Waals surface area (Å²) in [4.78, 5) is 31.4. The van der Waals surface area contributed by atoms with E-state index in [0.29, 0.717) is 36.1 Å². The van der Waals surface area contributed by atoms with E-state index < -0.39 is 0 Å². The van der Waals surface area contributed by atoms with Crippen LogP contribution in [0.3, 0.4) is 0 Å². The third-order valence-electron chi connectivity index (χ3n) is 6.03. The van der Waals surface area contributed by atoms with Crippen molar-refractivity contribution in [3.05, 3.63) is 29.5 Å². The van der Waals surface area contributed by atoms with Crippen molar-refractivity contribution in [3.8, 4) is 0 Å². The number of amides is 2. The second-order valence-corrected chi connectivity index (χ2v) is 8.12. The predicted octanol–water partition coefficient (Wildman–Crippen LogP) is 2.89. The lowest BCUT2D eigenvalue weighted by Gasteiger charge is -2.33. The van der Waals surface area contributed by atoms with Crippen molar-refractivity contribution < 1.29 is 14.3 Å². The first-order valence-electron chi connectivity index (χ1n) is 10.8. The van der Waals surface area contributed by atoms with E-state index in [1.165, 1.54) is 18.4 Å². The van der Waals surface area contributed by atoms with Crippen LogP contribution in [0.4, 0.5) is 11.5 Å². The number of pyridine rings is 1. The lowest BCUT2D eigenvalue weighted by molar-refractivity contribution is -0.117. The Kier molecular flexibility index (Phi) is 6.44. The number of anilines is 2. The molecule has 0 bridgehead atoms. The van der Waals surface area contributed by atoms with E-state index in [-0.39, 0.29) is 18.4 Å². The number of ether oxygens (including phenoxy) is 1. The molecule has 0 atom stereocenters. The quantitative estimate of drug-likeness (QED) is 0.720. The van der Waals surface area contributed by atoms with Gasteiger partial charge in [-0.15, -0.1) is 0 Å². The number of nitrogens with zero attached hydrogens (tertiary/aromatic N) is 2. The molecule has 1 aromatic heterocycles. The number of hydrogen-bond donors (Lipinski definition) is 2. The molecule has 2 aliphatic heterocycles. The fourth-order valence-corrected chi connectivity index (χ4v) is 4.27. The average Bonchev–Trinajstić information content (AvgIpc) is 2.77. The van der Waals surface area contributed by atoms with Gasteiger partial charge in [-0.25, -0.2) is 4.98 Å². The van der Waals surface area contributed by atoms with Crippen LogP contribution in [0.25, 0.3) is 0 Å². The van der Waals surface area contributed by atoms with Crippen molar-refractivity contribution in [3.63, 3.8) is 0 Å². The summed E-state index contributed by atoms with van der Waals surface area (Å²) in [5, 5.41) is 6.07. The van der Waals surface area contributed by atoms with Crippen LogP contribution < -0.4 is 15.5 Å². The SMILES string of the molecule is O=C(NCCC1=CCCCC1)c1cnc2c(c1)N(CC1CCOCC1)C(=O)CN2. The molecule has 0 radical (unpaired) electrons. The Hall–Kier alpha value is -2.41. The van der Waals surface area contributed by atoms with E-state index >= 15 is 0 Å². The normalized spacial score (nSPS) is 19.9. The van der Waals surface area contributed by atoms with E-state index in [9.17, 15) is 9.59 Å². The maximum Gasteiger partial charge on any atom is 0.252 e. The van der Waals surface area contributed by atoms with Crippen molar-refractivity contribution in [1.82, 2.24) is 10.3 Å². The third kappa shape index (κ3) is 4.96. The molecule has 1 aliphatic carbocycles. The van der Waals surface area contributed by atoms with E-state index in [4.69, 9.17) is 4.74 Å². The highest BCUT2D eigenvalue weighted by atomic mass is 16.5. The number of hydrogen-bond acceptors (Lipinski definition) is 5. The summed E-state index contributed by atoms with van der Waals surface area (Å²) >= 11 is 0. The molecule has 1 fully saturated rings. The summed E-state index contributed by atoms with van der Waals surface area (Å²) in [7, 11) is 0. The van der Waals surface area contributed by atoms with Gasteiger partial charge >= 0.3 is 0 Å². The Morgan fingerprint density at radius 3 is 2.97 bits per heavy atom. The zero-order valence-corrected chi connectivity index (χ0v) is 16.9. The van der Waals surface area contributed by atoms with Crippen molar-refractivity contribution in [2.75, 3.05) is 43.1 Å². The minimum Gasteiger partial charge on any atom is -0.381 e. The van der Waals surface area contributed by atoms with Gasteiger partial charge in [0.15, 0.2) is 0 Å². The third-order valence-corrected chi connectivity index (χ3v) is 6.03.